The molecule has 0 saturated carbocycles. The monoisotopic (exact) mass is 345 g/mol. The van der Waals surface area contributed by atoms with Crippen molar-refractivity contribution in [3.8, 4) is 0 Å². The van der Waals surface area contributed by atoms with E-state index < -0.39 is 11.7 Å². The van der Waals surface area contributed by atoms with Gasteiger partial charge in [-0.25, -0.2) is 4.39 Å². The summed E-state index contributed by atoms with van der Waals surface area (Å²) in [6.45, 7) is 0. The molecule has 1 N–H and O–H groups in total. The average Bonchev–Trinajstić information content (AvgIpc) is 3.01. The number of hydrogen-bond donors (Lipinski definition) is 1. The largest absolute Gasteiger partial charge is 0.296 e. The number of rotatable bonds is 5. The quantitative estimate of drug-likeness (QED) is 0.704. The number of anilines is 1. The fraction of sp³-hybridized carbons (Fsp3) is 0.0625. The van der Waals surface area contributed by atoms with Gasteiger partial charge in [0.05, 0.1) is 5.75 Å². The van der Waals surface area contributed by atoms with Crippen LogP contribution in [0.15, 0.2) is 59.5 Å². The van der Waals surface area contributed by atoms with E-state index in [1.165, 1.54) is 29.5 Å². The zero-order chi connectivity index (χ0) is 16.1. The third-order valence-corrected chi connectivity index (χ3v) is 4.92. The number of nitrogens with one attached hydrogen (secondary N) is 1. The summed E-state index contributed by atoms with van der Waals surface area (Å²) in [5.41, 5.74) is 0.250. The Kier molecular flexibility index (Phi) is 4.99. The van der Waals surface area contributed by atoms with E-state index in [-0.39, 0.29) is 5.56 Å². The van der Waals surface area contributed by atoms with Gasteiger partial charge in [0.1, 0.15) is 10.8 Å². The van der Waals surface area contributed by atoms with Gasteiger partial charge in [0, 0.05) is 10.5 Å². The van der Waals surface area contributed by atoms with Crippen LogP contribution in [0.25, 0.3) is 0 Å². The first-order valence-corrected chi connectivity index (χ1v) is 8.58. The maximum Gasteiger partial charge on any atom is 0.257 e. The third kappa shape index (κ3) is 4.37. The summed E-state index contributed by atoms with van der Waals surface area (Å²) in [7, 11) is 0. The molecule has 1 heterocycles. The molecule has 0 radical (unpaired) electrons. The van der Waals surface area contributed by atoms with Crippen molar-refractivity contribution in [1.82, 2.24) is 10.2 Å². The van der Waals surface area contributed by atoms with Crippen LogP contribution in [0.4, 0.5) is 9.52 Å². The van der Waals surface area contributed by atoms with Gasteiger partial charge in [0.25, 0.3) is 5.91 Å². The number of nitrogens with zero attached hydrogens (tertiary/aromatic N) is 2. The summed E-state index contributed by atoms with van der Waals surface area (Å²) in [6.07, 6.45) is 0. The number of aromatic nitrogens is 2. The highest BCUT2D eigenvalue weighted by Gasteiger charge is 2.11. The van der Waals surface area contributed by atoms with Crippen molar-refractivity contribution >= 4 is 34.1 Å². The lowest BCUT2D eigenvalue weighted by Gasteiger charge is -2.00. The molecule has 2 aromatic carbocycles. The lowest BCUT2D eigenvalue weighted by atomic mass is 10.2. The van der Waals surface area contributed by atoms with Gasteiger partial charge in [0.2, 0.25) is 5.13 Å². The lowest BCUT2D eigenvalue weighted by Crippen LogP contribution is -2.11. The number of thioether (sulfide) groups is 1. The van der Waals surface area contributed by atoms with Crippen LogP contribution < -0.4 is 5.32 Å². The summed E-state index contributed by atoms with van der Waals surface area (Å²) in [4.78, 5) is 13.2. The Hall–Kier alpha value is -2.25. The van der Waals surface area contributed by atoms with Crippen LogP contribution in [0.1, 0.15) is 15.4 Å². The van der Waals surface area contributed by atoms with Crippen molar-refractivity contribution < 1.29 is 9.18 Å². The Morgan fingerprint density at radius 1 is 1.13 bits per heavy atom. The minimum Gasteiger partial charge on any atom is -0.296 e. The minimum absolute atomic E-state index is 0.250. The van der Waals surface area contributed by atoms with Gasteiger partial charge in [0.15, 0.2) is 0 Å². The SMILES string of the molecule is O=C(Nc1nnc(CSc2ccccc2)s1)c1cccc(F)c1. The molecule has 1 aromatic heterocycles. The molecule has 0 fully saturated rings. The van der Waals surface area contributed by atoms with Crippen molar-refractivity contribution in [3.05, 3.63) is 71.0 Å². The number of carbonyl (C=O) groups is 1. The molecule has 7 heteroatoms. The third-order valence-electron chi connectivity index (χ3n) is 2.88. The standard InChI is InChI=1S/C16H12FN3OS2/c17-12-6-4-5-11(9-12)15(21)18-16-20-19-14(23-16)10-22-13-7-2-1-3-8-13/h1-9H,10H2,(H,18,20,21). The van der Waals surface area contributed by atoms with E-state index in [0.717, 1.165) is 9.90 Å². The van der Waals surface area contributed by atoms with Gasteiger partial charge < -0.3 is 0 Å². The minimum atomic E-state index is -0.449. The molecule has 0 aliphatic heterocycles. The zero-order valence-corrected chi connectivity index (χ0v) is 13.5. The van der Waals surface area contributed by atoms with Gasteiger partial charge in [-0.05, 0) is 30.3 Å². The maximum atomic E-state index is 13.1. The van der Waals surface area contributed by atoms with Crippen molar-refractivity contribution in [1.29, 1.82) is 0 Å². The Labute approximate surface area is 140 Å². The van der Waals surface area contributed by atoms with Crippen LogP contribution in [-0.2, 0) is 5.75 Å². The predicted molar refractivity (Wildman–Crippen MR) is 90.3 cm³/mol. The predicted octanol–water partition coefficient (Wildman–Crippen LogP) is 4.22. The summed E-state index contributed by atoms with van der Waals surface area (Å²) in [6, 6.07) is 15.5. The fourth-order valence-electron chi connectivity index (χ4n) is 1.82. The second kappa shape index (κ2) is 7.34. The number of benzene rings is 2. The maximum absolute atomic E-state index is 13.1. The highest BCUT2D eigenvalue weighted by Crippen LogP contribution is 2.25. The molecule has 0 aliphatic carbocycles. The summed E-state index contributed by atoms with van der Waals surface area (Å²) in [5.74, 6) is -0.171. The number of carbonyl (C=O) groups excluding carboxylic acids is 1. The van der Waals surface area contributed by atoms with E-state index in [2.05, 4.69) is 15.5 Å². The molecule has 0 unspecified atom stereocenters. The molecular weight excluding hydrogens is 333 g/mol. The molecule has 3 aromatic rings. The van der Waals surface area contributed by atoms with Crippen LogP contribution in [-0.4, -0.2) is 16.1 Å². The van der Waals surface area contributed by atoms with Gasteiger partial charge >= 0.3 is 0 Å². The van der Waals surface area contributed by atoms with Crippen LogP contribution in [0.3, 0.4) is 0 Å². The second-order valence-corrected chi connectivity index (χ2v) is 6.68. The van der Waals surface area contributed by atoms with E-state index in [4.69, 9.17) is 0 Å². The highest BCUT2D eigenvalue weighted by atomic mass is 32.2. The van der Waals surface area contributed by atoms with Crippen LogP contribution in [0, 0.1) is 5.82 Å². The summed E-state index contributed by atoms with van der Waals surface area (Å²) in [5, 5.41) is 11.9. The molecule has 0 spiro atoms. The molecule has 4 nitrogen and oxygen atoms in total. The first-order valence-electron chi connectivity index (χ1n) is 6.78. The van der Waals surface area contributed by atoms with Crippen LogP contribution in [0.5, 0.6) is 0 Å². The smallest absolute Gasteiger partial charge is 0.257 e. The lowest BCUT2D eigenvalue weighted by molar-refractivity contribution is 0.102. The number of hydrogen-bond acceptors (Lipinski definition) is 5. The number of halogens is 1. The average molecular weight is 345 g/mol. The van der Waals surface area contributed by atoms with Crippen molar-refractivity contribution in [2.45, 2.75) is 10.6 Å². The van der Waals surface area contributed by atoms with Crippen molar-refractivity contribution in [3.63, 3.8) is 0 Å². The van der Waals surface area contributed by atoms with Gasteiger partial charge in [-0.15, -0.1) is 22.0 Å². The Morgan fingerprint density at radius 2 is 1.96 bits per heavy atom. The van der Waals surface area contributed by atoms with E-state index >= 15 is 0 Å². The zero-order valence-electron chi connectivity index (χ0n) is 11.9. The Bertz CT molecular complexity index is 808. The van der Waals surface area contributed by atoms with Crippen molar-refractivity contribution in [2.24, 2.45) is 0 Å². The van der Waals surface area contributed by atoms with Crippen molar-refractivity contribution in [2.75, 3.05) is 5.32 Å². The fourth-order valence-corrected chi connectivity index (χ4v) is 3.46. The molecule has 0 atom stereocenters. The Morgan fingerprint density at radius 3 is 2.74 bits per heavy atom. The van der Waals surface area contributed by atoms with E-state index in [1.54, 1.807) is 17.8 Å². The van der Waals surface area contributed by atoms with E-state index in [0.29, 0.717) is 10.9 Å². The first kappa shape index (κ1) is 15.6. The molecule has 0 saturated heterocycles. The highest BCUT2D eigenvalue weighted by molar-refractivity contribution is 7.98. The van der Waals surface area contributed by atoms with Crippen LogP contribution in [0.2, 0.25) is 0 Å². The topological polar surface area (TPSA) is 54.9 Å². The van der Waals surface area contributed by atoms with E-state index in [1.807, 2.05) is 30.3 Å². The van der Waals surface area contributed by atoms with Crippen LogP contribution >= 0.6 is 23.1 Å². The molecule has 0 bridgehead atoms. The summed E-state index contributed by atoms with van der Waals surface area (Å²) < 4.78 is 13.1. The second-order valence-electron chi connectivity index (χ2n) is 4.57. The van der Waals surface area contributed by atoms with Gasteiger partial charge in [-0.2, -0.15) is 0 Å². The van der Waals surface area contributed by atoms with E-state index in [9.17, 15) is 9.18 Å². The normalized spacial score (nSPS) is 10.5. The molecular formula is C16H12FN3OS2. The van der Waals surface area contributed by atoms with Gasteiger partial charge in [-0.3, -0.25) is 10.1 Å². The van der Waals surface area contributed by atoms with Gasteiger partial charge in [-0.1, -0.05) is 35.6 Å². The molecule has 0 aliphatic rings. The Balaban J connectivity index is 1.60. The molecule has 116 valence electrons. The first-order chi connectivity index (χ1) is 11.2. The molecule has 23 heavy (non-hydrogen) atoms. The molecule has 3 rings (SSSR count). The number of amides is 1. The summed E-state index contributed by atoms with van der Waals surface area (Å²) >= 11 is 2.96. The molecule has 1 amide bonds.